The molecule has 1 aliphatic rings. The van der Waals surface area contributed by atoms with E-state index in [1.165, 1.54) is 0 Å². The number of amides is 2. The standard InChI is InChI=1S/C25H28N4O3/c30-24(13-17-32-23-7-2-1-3-8-23)28-15-4-6-21(19-28)25(31)27-22-11-9-20(10-12-22)18-29-16-5-14-26-29/h1-3,5,7-12,14,16,21H,4,6,13,15,17-19H2,(H,27,31). The Hall–Kier alpha value is -3.61. The number of carbonyl (C=O) groups is 2. The SMILES string of the molecule is O=C(Nc1ccc(Cn2cccn2)cc1)C1CCCN(C(=O)CCOc2ccccc2)C1. The van der Waals surface area contributed by atoms with Crippen molar-refractivity contribution in [1.29, 1.82) is 0 Å². The van der Waals surface area contributed by atoms with Crippen LogP contribution in [0.5, 0.6) is 5.75 Å². The molecule has 7 heteroatoms. The Morgan fingerprint density at radius 2 is 1.88 bits per heavy atom. The number of aromatic nitrogens is 2. The predicted molar refractivity (Wildman–Crippen MR) is 122 cm³/mol. The maximum Gasteiger partial charge on any atom is 0.229 e. The van der Waals surface area contributed by atoms with Gasteiger partial charge in [0.25, 0.3) is 0 Å². The summed E-state index contributed by atoms with van der Waals surface area (Å²) >= 11 is 0. The highest BCUT2D eigenvalue weighted by atomic mass is 16.5. The van der Waals surface area contributed by atoms with Crippen LogP contribution in [-0.2, 0) is 16.1 Å². The molecular formula is C25H28N4O3. The lowest BCUT2D eigenvalue weighted by atomic mass is 9.96. The van der Waals surface area contributed by atoms with Gasteiger partial charge in [-0.25, -0.2) is 0 Å². The van der Waals surface area contributed by atoms with E-state index in [9.17, 15) is 9.59 Å². The molecule has 2 amide bonds. The maximum atomic E-state index is 12.8. The molecule has 2 heterocycles. The number of anilines is 1. The Morgan fingerprint density at radius 3 is 2.62 bits per heavy atom. The second-order valence-corrected chi connectivity index (χ2v) is 7.98. The zero-order valence-electron chi connectivity index (χ0n) is 18.0. The minimum Gasteiger partial charge on any atom is -0.493 e. The monoisotopic (exact) mass is 432 g/mol. The van der Waals surface area contributed by atoms with E-state index in [0.717, 1.165) is 29.8 Å². The van der Waals surface area contributed by atoms with E-state index in [-0.39, 0.29) is 17.7 Å². The summed E-state index contributed by atoms with van der Waals surface area (Å²) in [6, 6.07) is 19.1. The fourth-order valence-electron chi connectivity index (χ4n) is 3.87. The van der Waals surface area contributed by atoms with Crippen molar-refractivity contribution < 1.29 is 14.3 Å². The largest absolute Gasteiger partial charge is 0.493 e. The molecule has 1 aromatic heterocycles. The number of likely N-dealkylation sites (tertiary alicyclic amines) is 1. The number of para-hydroxylation sites is 1. The van der Waals surface area contributed by atoms with Gasteiger partial charge in [0.15, 0.2) is 0 Å². The van der Waals surface area contributed by atoms with Crippen LogP contribution in [0.2, 0.25) is 0 Å². The van der Waals surface area contributed by atoms with Gasteiger partial charge in [0.2, 0.25) is 11.8 Å². The van der Waals surface area contributed by atoms with Gasteiger partial charge in [0.1, 0.15) is 5.75 Å². The van der Waals surface area contributed by atoms with Crippen molar-refractivity contribution >= 4 is 17.5 Å². The van der Waals surface area contributed by atoms with Crippen LogP contribution in [0.1, 0.15) is 24.8 Å². The topological polar surface area (TPSA) is 76.5 Å². The Balaban J connectivity index is 1.24. The predicted octanol–water partition coefficient (Wildman–Crippen LogP) is 3.58. The van der Waals surface area contributed by atoms with Crippen molar-refractivity contribution in [2.45, 2.75) is 25.8 Å². The number of ether oxygens (including phenoxy) is 1. The van der Waals surface area contributed by atoms with Gasteiger partial charge < -0.3 is 15.0 Å². The summed E-state index contributed by atoms with van der Waals surface area (Å²) in [6.45, 7) is 2.17. The van der Waals surface area contributed by atoms with Gasteiger partial charge >= 0.3 is 0 Å². The molecule has 1 N–H and O–H groups in total. The first-order chi connectivity index (χ1) is 15.7. The van der Waals surface area contributed by atoms with Crippen molar-refractivity contribution in [3.63, 3.8) is 0 Å². The summed E-state index contributed by atoms with van der Waals surface area (Å²) in [5.74, 6) is 0.544. The van der Waals surface area contributed by atoms with Crippen LogP contribution in [0.4, 0.5) is 5.69 Å². The van der Waals surface area contributed by atoms with Crippen LogP contribution in [0.25, 0.3) is 0 Å². The van der Waals surface area contributed by atoms with Gasteiger partial charge in [-0.05, 0) is 48.7 Å². The number of nitrogens with zero attached hydrogens (tertiary/aromatic N) is 3. The Morgan fingerprint density at radius 1 is 1.06 bits per heavy atom. The summed E-state index contributed by atoms with van der Waals surface area (Å²) in [5, 5.41) is 7.20. The van der Waals surface area contributed by atoms with Crippen LogP contribution in [0, 0.1) is 5.92 Å². The quantitative estimate of drug-likeness (QED) is 0.590. The van der Waals surface area contributed by atoms with Crippen LogP contribution < -0.4 is 10.1 Å². The molecule has 1 atom stereocenters. The Bertz CT molecular complexity index is 1000. The number of nitrogens with one attached hydrogen (secondary N) is 1. The van der Waals surface area contributed by atoms with E-state index >= 15 is 0 Å². The number of hydrogen-bond donors (Lipinski definition) is 1. The number of rotatable bonds is 8. The van der Waals surface area contributed by atoms with Crippen molar-refractivity contribution in [3.8, 4) is 5.75 Å². The molecule has 0 radical (unpaired) electrons. The molecule has 0 aliphatic carbocycles. The molecule has 2 aromatic carbocycles. The third-order valence-electron chi connectivity index (χ3n) is 5.60. The molecule has 7 nitrogen and oxygen atoms in total. The molecule has 166 valence electrons. The minimum absolute atomic E-state index is 0.0291. The molecular weight excluding hydrogens is 404 g/mol. The Kier molecular flexibility index (Phi) is 7.17. The lowest BCUT2D eigenvalue weighted by molar-refractivity contribution is -0.135. The highest BCUT2D eigenvalue weighted by Crippen LogP contribution is 2.20. The van der Waals surface area contributed by atoms with Gasteiger partial charge in [-0.15, -0.1) is 0 Å². The summed E-state index contributed by atoms with van der Waals surface area (Å²) in [6.07, 6.45) is 5.59. The minimum atomic E-state index is -0.202. The zero-order valence-corrected chi connectivity index (χ0v) is 18.0. The van der Waals surface area contributed by atoms with Gasteiger partial charge in [-0.1, -0.05) is 30.3 Å². The van der Waals surface area contributed by atoms with Crippen molar-refractivity contribution in [2.75, 3.05) is 25.0 Å². The van der Waals surface area contributed by atoms with Gasteiger partial charge in [-0.2, -0.15) is 5.10 Å². The number of hydrogen-bond acceptors (Lipinski definition) is 4. The molecule has 32 heavy (non-hydrogen) atoms. The highest BCUT2D eigenvalue weighted by molar-refractivity contribution is 5.93. The van der Waals surface area contributed by atoms with Gasteiger partial charge in [0, 0.05) is 31.2 Å². The van der Waals surface area contributed by atoms with Crippen molar-refractivity contribution in [3.05, 3.63) is 78.6 Å². The van der Waals surface area contributed by atoms with Crippen molar-refractivity contribution in [2.24, 2.45) is 5.92 Å². The van der Waals surface area contributed by atoms with Crippen LogP contribution >= 0.6 is 0 Å². The molecule has 0 bridgehead atoms. The number of benzene rings is 2. The van der Waals surface area contributed by atoms with Gasteiger partial charge in [-0.3, -0.25) is 14.3 Å². The van der Waals surface area contributed by atoms with E-state index in [4.69, 9.17) is 4.74 Å². The van der Waals surface area contributed by atoms with E-state index < -0.39 is 0 Å². The molecule has 1 saturated heterocycles. The number of piperidine rings is 1. The average molecular weight is 433 g/mol. The van der Waals surface area contributed by atoms with E-state index in [1.807, 2.05) is 71.5 Å². The lowest BCUT2D eigenvalue weighted by Gasteiger charge is -2.32. The molecule has 4 rings (SSSR count). The molecule has 1 unspecified atom stereocenters. The summed E-state index contributed by atoms with van der Waals surface area (Å²) < 4.78 is 7.48. The number of carbonyl (C=O) groups excluding carboxylic acids is 2. The molecule has 3 aromatic rings. The zero-order chi connectivity index (χ0) is 22.2. The van der Waals surface area contributed by atoms with E-state index in [1.54, 1.807) is 11.1 Å². The molecule has 1 fully saturated rings. The first-order valence-corrected chi connectivity index (χ1v) is 11.0. The molecule has 0 spiro atoms. The lowest BCUT2D eigenvalue weighted by Crippen LogP contribution is -2.44. The second kappa shape index (κ2) is 10.6. The first kappa shape index (κ1) is 21.6. The fourth-order valence-corrected chi connectivity index (χ4v) is 3.87. The van der Waals surface area contributed by atoms with Crippen molar-refractivity contribution in [1.82, 2.24) is 14.7 Å². The normalized spacial score (nSPS) is 15.9. The third kappa shape index (κ3) is 5.97. The fraction of sp³-hybridized carbons (Fsp3) is 0.320. The molecule has 1 aliphatic heterocycles. The second-order valence-electron chi connectivity index (χ2n) is 7.98. The Labute approximate surface area is 188 Å². The van der Waals surface area contributed by atoms with Crippen LogP contribution in [0.15, 0.2) is 73.1 Å². The average Bonchev–Trinajstić information content (AvgIpc) is 3.34. The van der Waals surface area contributed by atoms with Crippen LogP contribution in [-0.4, -0.2) is 46.2 Å². The highest BCUT2D eigenvalue weighted by Gasteiger charge is 2.28. The van der Waals surface area contributed by atoms with E-state index in [2.05, 4.69) is 10.4 Å². The third-order valence-corrected chi connectivity index (χ3v) is 5.60. The summed E-state index contributed by atoms with van der Waals surface area (Å²) in [5.41, 5.74) is 1.87. The van der Waals surface area contributed by atoms with Crippen LogP contribution in [0.3, 0.4) is 0 Å². The first-order valence-electron chi connectivity index (χ1n) is 11.0. The smallest absolute Gasteiger partial charge is 0.229 e. The molecule has 0 saturated carbocycles. The maximum absolute atomic E-state index is 12.8. The summed E-state index contributed by atoms with van der Waals surface area (Å²) in [4.78, 5) is 27.2. The van der Waals surface area contributed by atoms with Gasteiger partial charge in [0.05, 0.1) is 25.5 Å². The summed E-state index contributed by atoms with van der Waals surface area (Å²) in [7, 11) is 0. The van der Waals surface area contributed by atoms with E-state index in [0.29, 0.717) is 32.7 Å².